The number of aryl methyl sites for hydroxylation is 1. The molecule has 0 saturated carbocycles. The average Bonchev–Trinajstić information content (AvgIpc) is 2.34. The van der Waals surface area contributed by atoms with Crippen molar-refractivity contribution in [2.75, 3.05) is 0 Å². The average molecular weight is 406 g/mol. The van der Waals surface area contributed by atoms with Crippen molar-refractivity contribution in [1.82, 2.24) is 0 Å². The largest absolute Gasteiger partial charge is 0.378 e. The van der Waals surface area contributed by atoms with E-state index in [0.717, 1.165) is 10.0 Å². The zero-order chi connectivity index (χ0) is 14.0. The highest BCUT2D eigenvalue weighted by atomic mass is 79.9. The van der Waals surface area contributed by atoms with Gasteiger partial charge in [-0.3, -0.25) is 0 Å². The lowest BCUT2D eigenvalue weighted by Gasteiger charge is -2.09. The van der Waals surface area contributed by atoms with E-state index in [4.69, 9.17) is 4.18 Å². The first-order valence-corrected chi connectivity index (χ1v) is 8.34. The fraction of sp³-hybridized carbons (Fsp3) is 0.0769. The second kappa shape index (κ2) is 5.64. The molecule has 3 nitrogen and oxygen atoms in total. The van der Waals surface area contributed by atoms with Crippen molar-refractivity contribution in [3.8, 4) is 5.75 Å². The summed E-state index contributed by atoms with van der Waals surface area (Å²) in [4.78, 5) is 0.130. The zero-order valence-electron chi connectivity index (χ0n) is 9.93. The van der Waals surface area contributed by atoms with Gasteiger partial charge in [-0.25, -0.2) is 0 Å². The first-order chi connectivity index (χ1) is 8.88. The molecule has 0 aliphatic heterocycles. The quantitative estimate of drug-likeness (QED) is 0.715. The molecule has 2 aromatic carbocycles. The van der Waals surface area contributed by atoms with Gasteiger partial charge in [0.2, 0.25) is 0 Å². The molecule has 6 heteroatoms. The van der Waals surface area contributed by atoms with Crippen LogP contribution in [0, 0.1) is 6.92 Å². The van der Waals surface area contributed by atoms with E-state index in [2.05, 4.69) is 31.9 Å². The summed E-state index contributed by atoms with van der Waals surface area (Å²) >= 11 is 6.53. The first kappa shape index (κ1) is 14.6. The summed E-state index contributed by atoms with van der Waals surface area (Å²) in [6.07, 6.45) is 0. The summed E-state index contributed by atoms with van der Waals surface area (Å²) in [7, 11) is -3.82. The lowest BCUT2D eigenvalue weighted by molar-refractivity contribution is 0.484. The molecular formula is C13H10Br2O3S. The van der Waals surface area contributed by atoms with Gasteiger partial charge in [0, 0.05) is 4.47 Å². The van der Waals surface area contributed by atoms with E-state index >= 15 is 0 Å². The maximum absolute atomic E-state index is 12.1. The predicted octanol–water partition coefficient (Wildman–Crippen LogP) is 4.29. The van der Waals surface area contributed by atoms with Gasteiger partial charge in [0.1, 0.15) is 4.90 Å². The standard InChI is InChI=1S/C13H10Br2O3S/c1-9-2-5-11(6-3-9)19(16,17)18-13-8-10(14)4-7-12(13)15/h2-8H,1H3. The van der Waals surface area contributed by atoms with Gasteiger partial charge in [-0.15, -0.1) is 0 Å². The molecule has 0 heterocycles. The van der Waals surface area contributed by atoms with Crippen LogP contribution in [-0.4, -0.2) is 8.42 Å². The highest BCUT2D eigenvalue weighted by molar-refractivity contribution is 9.11. The molecule has 2 aromatic rings. The summed E-state index contributed by atoms with van der Waals surface area (Å²) in [5.41, 5.74) is 0.989. The number of halogens is 2. The van der Waals surface area contributed by atoms with Crippen molar-refractivity contribution in [3.05, 3.63) is 57.0 Å². The maximum Gasteiger partial charge on any atom is 0.339 e. The predicted molar refractivity (Wildman–Crippen MR) is 80.8 cm³/mol. The minimum atomic E-state index is -3.82. The van der Waals surface area contributed by atoms with E-state index in [-0.39, 0.29) is 10.6 Å². The third-order valence-corrected chi connectivity index (χ3v) is 4.80. The second-order valence-corrected chi connectivity index (χ2v) is 7.24. The molecule has 0 spiro atoms. The first-order valence-electron chi connectivity index (χ1n) is 5.35. The fourth-order valence-corrected chi connectivity index (χ4v) is 3.13. The van der Waals surface area contributed by atoms with Crippen LogP contribution in [0.2, 0.25) is 0 Å². The maximum atomic E-state index is 12.1. The highest BCUT2D eigenvalue weighted by Crippen LogP contribution is 2.30. The molecule has 19 heavy (non-hydrogen) atoms. The van der Waals surface area contributed by atoms with Crippen molar-refractivity contribution in [1.29, 1.82) is 0 Å². The molecule has 0 aromatic heterocycles. The van der Waals surface area contributed by atoms with E-state index in [1.54, 1.807) is 30.3 Å². The summed E-state index contributed by atoms with van der Waals surface area (Å²) in [5.74, 6) is 0.245. The Morgan fingerprint density at radius 1 is 1.00 bits per heavy atom. The van der Waals surface area contributed by atoms with Crippen LogP contribution in [0.3, 0.4) is 0 Å². The Morgan fingerprint density at radius 3 is 2.26 bits per heavy atom. The molecule has 2 rings (SSSR count). The minimum absolute atomic E-state index is 0.130. The Hall–Kier alpha value is -0.850. The number of hydrogen-bond acceptors (Lipinski definition) is 3. The van der Waals surface area contributed by atoms with Crippen LogP contribution >= 0.6 is 31.9 Å². The van der Waals surface area contributed by atoms with Gasteiger partial charge in [-0.05, 0) is 53.2 Å². The molecule has 0 aliphatic carbocycles. The Kier molecular flexibility index (Phi) is 4.32. The van der Waals surface area contributed by atoms with Crippen LogP contribution in [0.4, 0.5) is 0 Å². The molecule has 0 saturated heterocycles. The highest BCUT2D eigenvalue weighted by Gasteiger charge is 2.18. The number of benzene rings is 2. The zero-order valence-corrected chi connectivity index (χ0v) is 13.9. The molecular weight excluding hydrogens is 396 g/mol. The molecule has 0 atom stereocenters. The summed E-state index contributed by atoms with van der Waals surface area (Å²) in [6, 6.07) is 11.6. The molecule has 100 valence electrons. The van der Waals surface area contributed by atoms with Crippen LogP contribution in [0.25, 0.3) is 0 Å². The van der Waals surface area contributed by atoms with Gasteiger partial charge in [-0.2, -0.15) is 8.42 Å². The van der Waals surface area contributed by atoms with Gasteiger partial charge in [0.15, 0.2) is 5.75 Å². The molecule has 0 unspecified atom stereocenters. The molecule has 0 aliphatic rings. The lowest BCUT2D eigenvalue weighted by atomic mass is 10.2. The summed E-state index contributed by atoms with van der Waals surface area (Å²) in [5, 5.41) is 0. The van der Waals surface area contributed by atoms with E-state index in [9.17, 15) is 8.42 Å². The van der Waals surface area contributed by atoms with Crippen LogP contribution in [0.1, 0.15) is 5.56 Å². The fourth-order valence-electron chi connectivity index (χ4n) is 1.41. The van der Waals surface area contributed by atoms with Crippen molar-refractivity contribution in [2.24, 2.45) is 0 Å². The third-order valence-electron chi connectivity index (χ3n) is 2.40. The molecule has 0 N–H and O–H groups in total. The lowest BCUT2D eigenvalue weighted by Crippen LogP contribution is -2.10. The van der Waals surface area contributed by atoms with Crippen molar-refractivity contribution in [2.45, 2.75) is 11.8 Å². The summed E-state index contributed by atoms with van der Waals surface area (Å²) in [6.45, 7) is 1.89. The normalized spacial score (nSPS) is 11.3. The summed E-state index contributed by atoms with van der Waals surface area (Å²) < 4.78 is 30.7. The Labute approximate surface area is 129 Å². The van der Waals surface area contributed by atoms with Gasteiger partial charge >= 0.3 is 10.1 Å². The van der Waals surface area contributed by atoms with Gasteiger partial charge in [0.05, 0.1) is 4.47 Å². The number of hydrogen-bond donors (Lipinski definition) is 0. The molecule has 0 fully saturated rings. The second-order valence-electron chi connectivity index (χ2n) is 3.93. The van der Waals surface area contributed by atoms with E-state index < -0.39 is 10.1 Å². The monoisotopic (exact) mass is 404 g/mol. The van der Waals surface area contributed by atoms with E-state index in [0.29, 0.717) is 4.47 Å². The Bertz CT molecular complexity index is 694. The van der Waals surface area contributed by atoms with Crippen LogP contribution in [-0.2, 0) is 10.1 Å². The Morgan fingerprint density at radius 2 is 1.63 bits per heavy atom. The van der Waals surface area contributed by atoms with Crippen molar-refractivity contribution < 1.29 is 12.6 Å². The molecule has 0 bridgehead atoms. The van der Waals surface area contributed by atoms with Gasteiger partial charge in [0.25, 0.3) is 0 Å². The van der Waals surface area contributed by atoms with E-state index in [1.807, 2.05) is 6.92 Å². The number of rotatable bonds is 3. The Balaban J connectivity index is 2.36. The third kappa shape index (κ3) is 3.58. The minimum Gasteiger partial charge on any atom is -0.378 e. The van der Waals surface area contributed by atoms with Crippen LogP contribution in [0.5, 0.6) is 5.75 Å². The molecule has 0 radical (unpaired) electrons. The van der Waals surface area contributed by atoms with Gasteiger partial charge in [-0.1, -0.05) is 33.6 Å². The van der Waals surface area contributed by atoms with Crippen molar-refractivity contribution >= 4 is 42.0 Å². The topological polar surface area (TPSA) is 43.4 Å². The molecule has 0 amide bonds. The smallest absolute Gasteiger partial charge is 0.339 e. The van der Waals surface area contributed by atoms with E-state index in [1.165, 1.54) is 12.1 Å². The van der Waals surface area contributed by atoms with Crippen LogP contribution < -0.4 is 4.18 Å². The van der Waals surface area contributed by atoms with Crippen molar-refractivity contribution in [3.63, 3.8) is 0 Å². The van der Waals surface area contributed by atoms with Crippen LogP contribution in [0.15, 0.2) is 56.3 Å². The van der Waals surface area contributed by atoms with Gasteiger partial charge < -0.3 is 4.18 Å². The SMILES string of the molecule is Cc1ccc(S(=O)(=O)Oc2cc(Br)ccc2Br)cc1.